The van der Waals surface area contributed by atoms with Crippen molar-refractivity contribution in [2.24, 2.45) is 5.92 Å². The number of carbonyl (C=O) groups excluding carboxylic acids is 1. The van der Waals surface area contributed by atoms with Crippen LogP contribution in [0.25, 0.3) is 0 Å². The lowest BCUT2D eigenvalue weighted by Crippen LogP contribution is -2.36. The molecule has 1 N–H and O–H groups in total. The van der Waals surface area contributed by atoms with E-state index in [0.717, 1.165) is 43.7 Å². The van der Waals surface area contributed by atoms with Crippen LogP contribution in [0.4, 0.5) is 0 Å². The first-order valence-electron chi connectivity index (χ1n) is 9.61. The second-order valence-corrected chi connectivity index (χ2v) is 8.29. The van der Waals surface area contributed by atoms with Gasteiger partial charge in [-0.15, -0.1) is 0 Å². The molecule has 2 aromatic rings. The van der Waals surface area contributed by atoms with Gasteiger partial charge in [0.25, 0.3) is 0 Å². The van der Waals surface area contributed by atoms with Crippen LogP contribution in [0.5, 0.6) is 0 Å². The molecule has 2 aromatic carbocycles. The Morgan fingerprint density at radius 2 is 1.89 bits per heavy atom. The van der Waals surface area contributed by atoms with E-state index in [2.05, 4.69) is 56.5 Å². The monoisotopic (exact) mass is 428 g/mol. The van der Waals surface area contributed by atoms with Gasteiger partial charge in [-0.3, -0.25) is 9.69 Å². The zero-order chi connectivity index (χ0) is 18.6. The van der Waals surface area contributed by atoms with Gasteiger partial charge in [-0.05, 0) is 41.2 Å². The second-order valence-electron chi connectivity index (χ2n) is 7.38. The highest BCUT2D eigenvalue weighted by Gasteiger charge is 2.43. The number of benzene rings is 2. The molecule has 4 rings (SSSR count). The first kappa shape index (κ1) is 18.7. The third kappa shape index (κ3) is 4.78. The van der Waals surface area contributed by atoms with Gasteiger partial charge in [0.1, 0.15) is 0 Å². The van der Waals surface area contributed by atoms with Crippen molar-refractivity contribution in [3.8, 4) is 0 Å². The van der Waals surface area contributed by atoms with Crippen LogP contribution in [0.1, 0.15) is 29.0 Å². The molecule has 1 aliphatic heterocycles. The van der Waals surface area contributed by atoms with Crippen molar-refractivity contribution in [1.29, 1.82) is 0 Å². The fraction of sp³-hybridized carbons (Fsp3) is 0.409. The quantitative estimate of drug-likeness (QED) is 0.762. The largest absolute Gasteiger partial charge is 0.379 e. The van der Waals surface area contributed by atoms with Crippen LogP contribution in [-0.4, -0.2) is 37.1 Å². The summed E-state index contributed by atoms with van der Waals surface area (Å²) in [4.78, 5) is 15.0. The maximum absolute atomic E-state index is 12.6. The molecule has 5 heteroatoms. The zero-order valence-electron chi connectivity index (χ0n) is 15.4. The number of hydrogen-bond acceptors (Lipinski definition) is 3. The van der Waals surface area contributed by atoms with Crippen molar-refractivity contribution in [3.63, 3.8) is 0 Å². The molecule has 1 saturated heterocycles. The predicted molar refractivity (Wildman–Crippen MR) is 109 cm³/mol. The van der Waals surface area contributed by atoms with Crippen LogP contribution in [-0.2, 0) is 22.6 Å². The normalized spacial score (nSPS) is 22.4. The van der Waals surface area contributed by atoms with E-state index in [0.29, 0.717) is 12.5 Å². The smallest absolute Gasteiger partial charge is 0.224 e. The number of ether oxygens (including phenoxy) is 1. The number of rotatable bonds is 6. The summed E-state index contributed by atoms with van der Waals surface area (Å²) in [6, 6.07) is 16.7. The van der Waals surface area contributed by atoms with Crippen molar-refractivity contribution >= 4 is 21.8 Å². The summed E-state index contributed by atoms with van der Waals surface area (Å²) in [5.41, 5.74) is 3.74. The molecule has 0 aromatic heterocycles. The molecule has 1 saturated carbocycles. The van der Waals surface area contributed by atoms with Gasteiger partial charge < -0.3 is 10.1 Å². The van der Waals surface area contributed by atoms with Gasteiger partial charge in [-0.25, -0.2) is 0 Å². The Morgan fingerprint density at radius 1 is 1.11 bits per heavy atom. The third-order valence-electron chi connectivity index (χ3n) is 5.47. The van der Waals surface area contributed by atoms with Gasteiger partial charge in [0.05, 0.1) is 13.2 Å². The Balaban J connectivity index is 1.33. The summed E-state index contributed by atoms with van der Waals surface area (Å²) in [5.74, 6) is 0.623. The summed E-state index contributed by atoms with van der Waals surface area (Å²) < 4.78 is 6.50. The average molecular weight is 429 g/mol. The minimum absolute atomic E-state index is 0.103. The van der Waals surface area contributed by atoms with Crippen LogP contribution >= 0.6 is 15.9 Å². The number of amides is 1. The number of nitrogens with zero attached hydrogens (tertiary/aromatic N) is 1. The summed E-state index contributed by atoms with van der Waals surface area (Å²) >= 11 is 3.51. The number of hydrogen-bond donors (Lipinski definition) is 1. The van der Waals surface area contributed by atoms with Crippen molar-refractivity contribution in [3.05, 3.63) is 69.7 Å². The fourth-order valence-corrected chi connectivity index (χ4v) is 4.21. The van der Waals surface area contributed by atoms with Gasteiger partial charge in [0.15, 0.2) is 0 Å². The van der Waals surface area contributed by atoms with Crippen LogP contribution in [0.2, 0.25) is 0 Å². The van der Waals surface area contributed by atoms with Crippen molar-refractivity contribution in [2.45, 2.75) is 25.4 Å². The summed E-state index contributed by atoms with van der Waals surface area (Å²) in [7, 11) is 0. The molecule has 0 spiro atoms. The molecule has 1 heterocycles. The molecular weight excluding hydrogens is 404 g/mol. The molecular formula is C22H25BrN2O2. The summed E-state index contributed by atoms with van der Waals surface area (Å²) in [6.07, 6.45) is 0.942. The van der Waals surface area contributed by atoms with E-state index in [1.165, 1.54) is 16.7 Å². The van der Waals surface area contributed by atoms with Crippen LogP contribution in [0.3, 0.4) is 0 Å². The van der Waals surface area contributed by atoms with Gasteiger partial charge in [-0.1, -0.05) is 52.3 Å². The highest BCUT2D eigenvalue weighted by molar-refractivity contribution is 9.10. The number of halogens is 1. The first-order valence-corrected chi connectivity index (χ1v) is 10.4. The Morgan fingerprint density at radius 3 is 2.67 bits per heavy atom. The minimum Gasteiger partial charge on any atom is -0.379 e. The standard InChI is InChI=1S/C22H25BrN2O2/c23-19-7-3-6-16(12-19)20-13-21(20)22(26)24-14-17-4-1-2-5-18(17)15-25-8-10-27-11-9-25/h1-7,12,20-21H,8-11,13-15H2,(H,24,26). The third-order valence-corrected chi connectivity index (χ3v) is 5.97. The van der Waals surface area contributed by atoms with E-state index in [-0.39, 0.29) is 11.8 Å². The summed E-state index contributed by atoms with van der Waals surface area (Å²) in [5, 5.41) is 3.16. The Bertz CT molecular complexity index is 804. The molecule has 0 radical (unpaired) electrons. The van der Waals surface area contributed by atoms with Gasteiger partial charge >= 0.3 is 0 Å². The van der Waals surface area contributed by atoms with E-state index >= 15 is 0 Å². The van der Waals surface area contributed by atoms with E-state index in [1.807, 2.05) is 18.2 Å². The van der Waals surface area contributed by atoms with Gasteiger partial charge in [-0.2, -0.15) is 0 Å². The molecule has 27 heavy (non-hydrogen) atoms. The van der Waals surface area contributed by atoms with Crippen molar-refractivity contribution in [1.82, 2.24) is 10.2 Å². The maximum atomic E-state index is 12.6. The molecule has 1 amide bonds. The molecule has 2 aliphatic rings. The van der Waals surface area contributed by atoms with Crippen molar-refractivity contribution in [2.75, 3.05) is 26.3 Å². The lowest BCUT2D eigenvalue weighted by Gasteiger charge is -2.27. The topological polar surface area (TPSA) is 41.6 Å². The Kier molecular flexibility index (Phi) is 5.91. The molecule has 0 bridgehead atoms. The Labute approximate surface area is 169 Å². The number of carbonyl (C=O) groups is 1. The fourth-order valence-electron chi connectivity index (χ4n) is 3.79. The molecule has 142 valence electrons. The number of morpholine rings is 1. The highest BCUT2D eigenvalue weighted by Crippen LogP contribution is 2.48. The molecule has 4 nitrogen and oxygen atoms in total. The maximum Gasteiger partial charge on any atom is 0.224 e. The van der Waals surface area contributed by atoms with Crippen LogP contribution in [0.15, 0.2) is 53.0 Å². The zero-order valence-corrected chi connectivity index (χ0v) is 17.0. The van der Waals surface area contributed by atoms with Crippen molar-refractivity contribution < 1.29 is 9.53 Å². The second kappa shape index (κ2) is 8.55. The van der Waals surface area contributed by atoms with Gasteiger partial charge in [0.2, 0.25) is 5.91 Å². The highest BCUT2D eigenvalue weighted by atomic mass is 79.9. The SMILES string of the molecule is O=C(NCc1ccccc1CN1CCOCC1)C1CC1c1cccc(Br)c1. The van der Waals surface area contributed by atoms with Crippen LogP contribution < -0.4 is 5.32 Å². The van der Waals surface area contributed by atoms with Crippen LogP contribution in [0, 0.1) is 5.92 Å². The predicted octanol–water partition coefficient (Wildman–Crippen LogP) is 3.70. The lowest BCUT2D eigenvalue weighted by atomic mass is 10.1. The van der Waals surface area contributed by atoms with Gasteiger partial charge in [0, 0.05) is 36.6 Å². The Hall–Kier alpha value is -1.69. The van der Waals surface area contributed by atoms with E-state index in [9.17, 15) is 4.79 Å². The molecule has 1 aliphatic carbocycles. The average Bonchev–Trinajstić information content (AvgIpc) is 3.49. The van der Waals surface area contributed by atoms with E-state index < -0.39 is 0 Å². The minimum atomic E-state index is 0.103. The number of nitrogens with one attached hydrogen (secondary N) is 1. The molecule has 2 unspecified atom stereocenters. The first-order chi connectivity index (χ1) is 13.2. The lowest BCUT2D eigenvalue weighted by molar-refractivity contribution is -0.122. The van der Waals surface area contributed by atoms with E-state index in [1.54, 1.807) is 0 Å². The van der Waals surface area contributed by atoms with E-state index in [4.69, 9.17) is 4.74 Å². The molecule has 2 fully saturated rings. The molecule has 2 atom stereocenters. The summed E-state index contributed by atoms with van der Waals surface area (Å²) in [6.45, 7) is 5.06.